The minimum absolute atomic E-state index is 0.281. The van der Waals surface area contributed by atoms with E-state index in [9.17, 15) is 0 Å². The summed E-state index contributed by atoms with van der Waals surface area (Å²) in [4.78, 5) is 0. The van der Waals surface area contributed by atoms with Crippen LogP contribution in [0.3, 0.4) is 0 Å². The lowest BCUT2D eigenvalue weighted by molar-refractivity contribution is 0.0629. The van der Waals surface area contributed by atoms with E-state index in [1.54, 1.807) is 5.56 Å². The smallest absolute Gasteiger partial charge is 0.0671 e. The molecular formula is C21H36OSi. The summed E-state index contributed by atoms with van der Waals surface area (Å²) >= 11 is 0. The Morgan fingerprint density at radius 2 is 1.78 bits per heavy atom. The summed E-state index contributed by atoms with van der Waals surface area (Å²) in [5.41, 5.74) is 2.17. The van der Waals surface area contributed by atoms with E-state index >= 15 is 0 Å². The molecular weight excluding hydrogens is 296 g/mol. The molecule has 0 aliphatic carbocycles. The van der Waals surface area contributed by atoms with Gasteiger partial charge in [0.15, 0.2) is 0 Å². The average Bonchev–Trinajstić information content (AvgIpc) is 2.60. The van der Waals surface area contributed by atoms with Crippen LogP contribution in [0.4, 0.5) is 0 Å². The Balaban J connectivity index is 1.91. The van der Waals surface area contributed by atoms with Crippen LogP contribution in [0.25, 0.3) is 0 Å². The van der Waals surface area contributed by atoms with Crippen molar-refractivity contribution in [3.05, 3.63) is 35.9 Å². The van der Waals surface area contributed by atoms with Gasteiger partial charge in [-0.3, -0.25) is 0 Å². The van der Waals surface area contributed by atoms with E-state index in [0.29, 0.717) is 10.8 Å². The molecule has 23 heavy (non-hydrogen) atoms. The molecule has 1 fully saturated rings. The van der Waals surface area contributed by atoms with E-state index in [2.05, 4.69) is 44.2 Å². The second-order valence-corrected chi connectivity index (χ2v) is 10.5. The predicted octanol–water partition coefficient (Wildman–Crippen LogP) is 5.35. The maximum Gasteiger partial charge on any atom is 0.0671 e. The van der Waals surface area contributed by atoms with Gasteiger partial charge in [0.1, 0.15) is 0 Å². The first kappa shape index (κ1) is 18.7. The van der Waals surface area contributed by atoms with Crippen LogP contribution in [0.15, 0.2) is 30.3 Å². The lowest BCUT2D eigenvalue weighted by Gasteiger charge is -2.35. The molecule has 0 spiro atoms. The molecule has 1 aromatic carbocycles. The highest BCUT2D eigenvalue weighted by Crippen LogP contribution is 2.31. The molecule has 1 aromatic rings. The monoisotopic (exact) mass is 332 g/mol. The first-order chi connectivity index (χ1) is 11.2. The number of hydrogen-bond acceptors (Lipinski definition) is 1. The van der Waals surface area contributed by atoms with E-state index in [-0.39, 0.29) is 9.52 Å². The van der Waals surface area contributed by atoms with Crippen molar-refractivity contribution >= 4 is 9.52 Å². The predicted molar refractivity (Wildman–Crippen MR) is 104 cm³/mol. The molecule has 1 heterocycles. The fourth-order valence-corrected chi connectivity index (χ4v) is 6.68. The largest absolute Gasteiger partial charge is 0.382 e. The first-order valence-electron chi connectivity index (χ1n) is 9.92. The summed E-state index contributed by atoms with van der Waals surface area (Å²) in [6, 6.07) is 11.3. The van der Waals surface area contributed by atoms with Gasteiger partial charge in [-0.1, -0.05) is 82.7 Å². The van der Waals surface area contributed by atoms with Gasteiger partial charge in [-0.15, -0.1) is 0 Å². The number of rotatable bonds is 10. The lowest BCUT2D eigenvalue weighted by atomic mass is 9.93. The van der Waals surface area contributed by atoms with Gasteiger partial charge >= 0.3 is 0 Å². The van der Waals surface area contributed by atoms with Crippen molar-refractivity contribution < 1.29 is 4.74 Å². The standard InChI is InChI=1S/C21H36OSi/c1-3-4-5-6-7-12-17-21(2,19-14-9-8-10-15-19)23-20-16-11-13-18-22-20/h8-10,14-15,20H,3-7,11-13,16-18,23H2,1-2H3. The normalized spacial score (nSPS) is 21.6. The highest BCUT2D eigenvalue weighted by Gasteiger charge is 2.31. The van der Waals surface area contributed by atoms with Crippen LogP contribution in [0.1, 0.15) is 83.6 Å². The Bertz CT molecular complexity index is 413. The molecule has 2 heteroatoms. The Labute approximate surface area is 146 Å². The van der Waals surface area contributed by atoms with Gasteiger partial charge in [-0.05, 0) is 36.3 Å². The lowest BCUT2D eigenvalue weighted by Crippen LogP contribution is -2.40. The molecule has 0 radical (unpaired) electrons. The fraction of sp³-hybridized carbons (Fsp3) is 0.714. The molecule has 2 atom stereocenters. The molecule has 2 rings (SSSR count). The van der Waals surface area contributed by atoms with Crippen LogP contribution in [0.5, 0.6) is 0 Å². The van der Waals surface area contributed by atoms with E-state index in [1.165, 1.54) is 64.2 Å². The summed E-state index contributed by atoms with van der Waals surface area (Å²) in [5, 5.41) is 0.411. The van der Waals surface area contributed by atoms with Crippen LogP contribution in [-0.4, -0.2) is 21.9 Å². The Kier molecular flexibility index (Phi) is 8.39. The molecule has 0 amide bonds. The molecule has 1 aliphatic heterocycles. The number of hydrogen-bond donors (Lipinski definition) is 0. The summed E-state index contributed by atoms with van der Waals surface area (Å²) in [6.45, 7) is 5.82. The zero-order valence-corrected chi connectivity index (χ0v) is 16.8. The maximum atomic E-state index is 6.12. The summed E-state index contributed by atoms with van der Waals surface area (Å²) in [5.74, 6) is 0. The zero-order valence-electron chi connectivity index (χ0n) is 15.4. The quantitative estimate of drug-likeness (QED) is 0.414. The van der Waals surface area contributed by atoms with E-state index < -0.39 is 0 Å². The first-order valence-corrected chi connectivity index (χ1v) is 11.4. The van der Waals surface area contributed by atoms with Gasteiger partial charge in [0.25, 0.3) is 0 Å². The maximum absolute atomic E-state index is 6.12. The van der Waals surface area contributed by atoms with Crippen molar-refractivity contribution in [1.82, 2.24) is 0 Å². The third-order valence-corrected chi connectivity index (χ3v) is 8.27. The highest BCUT2D eigenvalue weighted by atomic mass is 28.2. The summed E-state index contributed by atoms with van der Waals surface area (Å²) < 4.78 is 6.12. The third kappa shape index (κ3) is 6.43. The van der Waals surface area contributed by atoms with Crippen molar-refractivity contribution in [3.8, 4) is 0 Å². The molecule has 1 nitrogen and oxygen atoms in total. The summed E-state index contributed by atoms with van der Waals surface area (Å²) in [6.07, 6.45) is 13.7. The number of unbranched alkanes of at least 4 members (excludes halogenated alkanes) is 5. The van der Waals surface area contributed by atoms with Gasteiger partial charge in [0.05, 0.1) is 9.52 Å². The summed E-state index contributed by atoms with van der Waals surface area (Å²) in [7, 11) is -0.281. The Morgan fingerprint density at radius 1 is 1.04 bits per heavy atom. The molecule has 130 valence electrons. The molecule has 0 N–H and O–H groups in total. The minimum Gasteiger partial charge on any atom is -0.382 e. The fourth-order valence-electron chi connectivity index (χ4n) is 3.97. The third-order valence-electron chi connectivity index (χ3n) is 5.51. The second-order valence-electron chi connectivity index (χ2n) is 7.64. The van der Waals surface area contributed by atoms with Crippen LogP contribution in [0, 0.1) is 0 Å². The molecule has 1 aliphatic rings. The zero-order chi connectivity index (χ0) is 16.4. The van der Waals surface area contributed by atoms with E-state index in [4.69, 9.17) is 4.74 Å². The van der Waals surface area contributed by atoms with Crippen LogP contribution in [-0.2, 0) is 9.78 Å². The van der Waals surface area contributed by atoms with Crippen molar-refractivity contribution in [1.29, 1.82) is 0 Å². The highest BCUT2D eigenvalue weighted by molar-refractivity contribution is 6.41. The number of ether oxygens (including phenoxy) is 1. The van der Waals surface area contributed by atoms with Crippen molar-refractivity contribution in [2.45, 2.75) is 88.8 Å². The van der Waals surface area contributed by atoms with Gasteiger partial charge < -0.3 is 4.74 Å². The minimum atomic E-state index is -0.281. The van der Waals surface area contributed by atoms with Crippen LogP contribution in [0.2, 0.25) is 0 Å². The van der Waals surface area contributed by atoms with Gasteiger partial charge in [0, 0.05) is 12.3 Å². The van der Waals surface area contributed by atoms with Gasteiger partial charge in [0.2, 0.25) is 0 Å². The van der Waals surface area contributed by atoms with Crippen LogP contribution >= 0.6 is 0 Å². The molecule has 0 saturated carbocycles. The van der Waals surface area contributed by atoms with Crippen molar-refractivity contribution in [2.24, 2.45) is 0 Å². The molecule has 0 aromatic heterocycles. The molecule has 1 saturated heterocycles. The van der Waals surface area contributed by atoms with Crippen molar-refractivity contribution in [3.63, 3.8) is 0 Å². The molecule has 0 bridgehead atoms. The van der Waals surface area contributed by atoms with Crippen molar-refractivity contribution in [2.75, 3.05) is 6.61 Å². The van der Waals surface area contributed by atoms with E-state index in [0.717, 1.165) is 6.61 Å². The SMILES string of the molecule is CCCCCCCCC(C)([SiH2]C1CCCCO1)c1ccccc1. The molecule has 2 unspecified atom stereocenters. The Hall–Kier alpha value is -0.603. The topological polar surface area (TPSA) is 9.23 Å². The number of benzene rings is 1. The van der Waals surface area contributed by atoms with E-state index in [1.807, 2.05) is 0 Å². The van der Waals surface area contributed by atoms with Gasteiger partial charge in [-0.2, -0.15) is 0 Å². The van der Waals surface area contributed by atoms with Crippen LogP contribution < -0.4 is 0 Å². The second kappa shape index (κ2) is 10.3. The van der Waals surface area contributed by atoms with Gasteiger partial charge in [-0.25, -0.2) is 0 Å². The Morgan fingerprint density at radius 3 is 2.48 bits per heavy atom. The average molecular weight is 333 g/mol.